The van der Waals surface area contributed by atoms with Gasteiger partial charge in [0.15, 0.2) is 5.11 Å². The van der Waals surface area contributed by atoms with Crippen molar-refractivity contribution in [1.29, 1.82) is 0 Å². The lowest BCUT2D eigenvalue weighted by molar-refractivity contribution is 0.687. The van der Waals surface area contributed by atoms with Crippen LogP contribution in [-0.4, -0.2) is 26.4 Å². The lowest BCUT2D eigenvalue weighted by Gasteiger charge is -2.06. The summed E-state index contributed by atoms with van der Waals surface area (Å²) in [6.07, 6.45) is 2.66. The number of hydrogen-bond donors (Lipinski definition) is 2. The maximum atomic E-state index is 6.11. The number of rotatable bonds is 5. The van der Waals surface area contributed by atoms with Crippen LogP contribution in [0.4, 0.5) is 5.95 Å². The fraction of sp³-hybridized carbons (Fsp3) is 0.308. The number of aromatic nitrogens is 3. The van der Waals surface area contributed by atoms with E-state index in [-0.39, 0.29) is 0 Å². The summed E-state index contributed by atoms with van der Waals surface area (Å²) >= 11 is 11.2. The van der Waals surface area contributed by atoms with Gasteiger partial charge in [0, 0.05) is 11.6 Å². The van der Waals surface area contributed by atoms with Crippen molar-refractivity contribution in [2.24, 2.45) is 0 Å². The number of thiocarbonyl (C=S) groups is 1. The van der Waals surface area contributed by atoms with Crippen molar-refractivity contribution in [3.63, 3.8) is 0 Å². The molecule has 1 heterocycles. The smallest absolute Gasteiger partial charge is 0.248 e. The molecular formula is C13H16ClN5S. The third-order valence-corrected chi connectivity index (χ3v) is 3.20. The Morgan fingerprint density at radius 3 is 2.95 bits per heavy atom. The average molecular weight is 310 g/mol. The van der Waals surface area contributed by atoms with Crippen LogP contribution in [0, 0.1) is 0 Å². The van der Waals surface area contributed by atoms with Crippen LogP contribution in [-0.2, 0) is 6.54 Å². The summed E-state index contributed by atoms with van der Waals surface area (Å²) in [7, 11) is 0. The second kappa shape index (κ2) is 7.21. The molecule has 1 aromatic carbocycles. The number of hydrogen-bond acceptors (Lipinski definition) is 3. The van der Waals surface area contributed by atoms with Gasteiger partial charge >= 0.3 is 0 Å². The predicted molar refractivity (Wildman–Crippen MR) is 85.1 cm³/mol. The predicted octanol–water partition coefficient (Wildman–Crippen LogP) is 2.68. The van der Waals surface area contributed by atoms with Crippen LogP contribution < -0.4 is 10.6 Å². The Hall–Kier alpha value is -1.66. The minimum absolute atomic E-state index is 0.477. The molecule has 2 aromatic rings. The van der Waals surface area contributed by atoms with Gasteiger partial charge in [-0.25, -0.2) is 9.67 Å². The first kappa shape index (κ1) is 14.7. The van der Waals surface area contributed by atoms with Crippen LogP contribution in [0.2, 0.25) is 5.02 Å². The molecule has 0 spiro atoms. The van der Waals surface area contributed by atoms with Crippen molar-refractivity contribution in [2.75, 3.05) is 11.9 Å². The van der Waals surface area contributed by atoms with Gasteiger partial charge in [0.1, 0.15) is 6.33 Å². The summed E-state index contributed by atoms with van der Waals surface area (Å²) in [5, 5.41) is 11.6. The summed E-state index contributed by atoms with van der Waals surface area (Å²) in [4.78, 5) is 4.16. The van der Waals surface area contributed by atoms with Gasteiger partial charge in [0.25, 0.3) is 0 Å². The van der Waals surface area contributed by atoms with Gasteiger partial charge < -0.3 is 5.32 Å². The maximum absolute atomic E-state index is 6.11. The molecule has 106 valence electrons. The van der Waals surface area contributed by atoms with Crippen molar-refractivity contribution >= 4 is 34.9 Å². The SMILES string of the molecule is CCCNC(=S)Nc1ncn(Cc2ccccc2Cl)n1. The molecule has 0 bridgehead atoms. The van der Waals surface area contributed by atoms with E-state index in [1.807, 2.05) is 24.3 Å². The molecule has 0 saturated heterocycles. The van der Waals surface area contributed by atoms with E-state index in [4.69, 9.17) is 23.8 Å². The number of benzene rings is 1. The van der Waals surface area contributed by atoms with E-state index >= 15 is 0 Å². The third-order valence-electron chi connectivity index (χ3n) is 2.59. The van der Waals surface area contributed by atoms with Gasteiger partial charge in [-0.1, -0.05) is 36.7 Å². The Balaban J connectivity index is 1.96. The first-order chi connectivity index (χ1) is 9.69. The Morgan fingerprint density at radius 2 is 2.20 bits per heavy atom. The Kier molecular flexibility index (Phi) is 5.31. The van der Waals surface area contributed by atoms with E-state index < -0.39 is 0 Å². The molecule has 7 heteroatoms. The molecule has 0 aliphatic rings. The summed E-state index contributed by atoms with van der Waals surface area (Å²) < 4.78 is 1.71. The van der Waals surface area contributed by atoms with Gasteiger partial charge in [-0.15, -0.1) is 5.10 Å². The lowest BCUT2D eigenvalue weighted by atomic mass is 10.2. The summed E-state index contributed by atoms with van der Waals surface area (Å²) in [5.74, 6) is 0.477. The molecule has 1 aromatic heterocycles. The second-order valence-electron chi connectivity index (χ2n) is 4.24. The zero-order chi connectivity index (χ0) is 14.4. The molecule has 5 nitrogen and oxygen atoms in total. The summed E-state index contributed by atoms with van der Waals surface area (Å²) in [5.41, 5.74) is 0.998. The monoisotopic (exact) mass is 309 g/mol. The van der Waals surface area contributed by atoms with E-state index in [0.29, 0.717) is 17.6 Å². The molecule has 2 N–H and O–H groups in total. The minimum atomic E-state index is 0.477. The van der Waals surface area contributed by atoms with Gasteiger partial charge in [-0.2, -0.15) is 0 Å². The molecule has 20 heavy (non-hydrogen) atoms. The summed E-state index contributed by atoms with van der Waals surface area (Å²) in [6, 6.07) is 7.67. The zero-order valence-corrected chi connectivity index (χ0v) is 12.7. The standard InChI is InChI=1S/C13H16ClN5S/c1-2-7-15-13(20)17-12-16-9-19(18-12)8-10-5-3-4-6-11(10)14/h3-6,9H,2,7-8H2,1H3,(H2,15,17,18,20). The van der Waals surface area contributed by atoms with E-state index in [9.17, 15) is 0 Å². The second-order valence-corrected chi connectivity index (χ2v) is 5.05. The van der Waals surface area contributed by atoms with Crippen LogP contribution >= 0.6 is 23.8 Å². The third kappa shape index (κ3) is 4.18. The first-order valence-corrected chi connectivity index (χ1v) is 7.15. The molecular weight excluding hydrogens is 294 g/mol. The van der Waals surface area contributed by atoms with Gasteiger partial charge in [0.2, 0.25) is 5.95 Å². The molecule has 0 amide bonds. The molecule has 0 fully saturated rings. The quantitative estimate of drug-likeness (QED) is 0.832. The van der Waals surface area contributed by atoms with E-state index in [1.54, 1.807) is 11.0 Å². The van der Waals surface area contributed by atoms with Crippen LogP contribution in [0.15, 0.2) is 30.6 Å². The number of anilines is 1. The molecule has 0 atom stereocenters. The van der Waals surface area contributed by atoms with Gasteiger partial charge in [-0.05, 0) is 30.3 Å². The molecule has 0 aliphatic heterocycles. The van der Waals surface area contributed by atoms with Crippen LogP contribution in [0.5, 0.6) is 0 Å². The normalized spacial score (nSPS) is 10.3. The Labute approximate surface area is 128 Å². The van der Waals surface area contributed by atoms with Crippen molar-refractivity contribution in [3.05, 3.63) is 41.2 Å². The van der Waals surface area contributed by atoms with E-state index in [2.05, 4.69) is 27.6 Å². The molecule has 2 rings (SSSR count). The van der Waals surface area contributed by atoms with Crippen molar-refractivity contribution in [2.45, 2.75) is 19.9 Å². The largest absolute Gasteiger partial charge is 0.362 e. The maximum Gasteiger partial charge on any atom is 0.248 e. The summed E-state index contributed by atoms with van der Waals surface area (Å²) in [6.45, 7) is 3.47. The van der Waals surface area contributed by atoms with Crippen LogP contribution in [0.3, 0.4) is 0 Å². The minimum Gasteiger partial charge on any atom is -0.362 e. The highest BCUT2D eigenvalue weighted by Crippen LogP contribution is 2.15. The highest BCUT2D eigenvalue weighted by atomic mass is 35.5. The molecule has 0 aliphatic carbocycles. The lowest BCUT2D eigenvalue weighted by Crippen LogP contribution is -2.29. The average Bonchev–Trinajstić information content (AvgIpc) is 2.86. The van der Waals surface area contributed by atoms with E-state index in [0.717, 1.165) is 23.6 Å². The van der Waals surface area contributed by atoms with Crippen LogP contribution in [0.25, 0.3) is 0 Å². The van der Waals surface area contributed by atoms with E-state index in [1.165, 1.54) is 0 Å². The van der Waals surface area contributed by atoms with Crippen LogP contribution in [0.1, 0.15) is 18.9 Å². The topological polar surface area (TPSA) is 54.8 Å². The Morgan fingerprint density at radius 1 is 1.40 bits per heavy atom. The fourth-order valence-corrected chi connectivity index (χ4v) is 2.00. The molecule has 0 saturated carbocycles. The molecule has 0 radical (unpaired) electrons. The fourth-order valence-electron chi connectivity index (χ4n) is 1.61. The van der Waals surface area contributed by atoms with Crippen molar-refractivity contribution < 1.29 is 0 Å². The molecule has 0 unspecified atom stereocenters. The van der Waals surface area contributed by atoms with Crippen molar-refractivity contribution in [3.8, 4) is 0 Å². The highest BCUT2D eigenvalue weighted by molar-refractivity contribution is 7.80. The first-order valence-electron chi connectivity index (χ1n) is 6.36. The van der Waals surface area contributed by atoms with Gasteiger partial charge in [-0.3, -0.25) is 5.32 Å². The van der Waals surface area contributed by atoms with Crippen molar-refractivity contribution in [1.82, 2.24) is 20.1 Å². The Bertz CT molecular complexity index is 584. The van der Waals surface area contributed by atoms with Gasteiger partial charge in [0.05, 0.1) is 6.54 Å². The number of halogens is 1. The number of nitrogens with zero attached hydrogens (tertiary/aromatic N) is 3. The highest BCUT2D eigenvalue weighted by Gasteiger charge is 2.05. The zero-order valence-electron chi connectivity index (χ0n) is 11.1. The number of nitrogens with one attached hydrogen (secondary N) is 2.